The quantitative estimate of drug-likeness (QED) is 0.790. The number of carboxylic acid groups (broad SMARTS) is 1. The van der Waals surface area contributed by atoms with Crippen molar-refractivity contribution in [2.24, 2.45) is 5.92 Å². The summed E-state index contributed by atoms with van der Waals surface area (Å²) in [7, 11) is -3.40. The Morgan fingerprint density at radius 3 is 2.59 bits per heavy atom. The van der Waals surface area contributed by atoms with Crippen LogP contribution in [0.5, 0.6) is 0 Å². The smallest absolute Gasteiger partial charge is 0.326 e. The molecule has 0 radical (unpaired) electrons. The van der Waals surface area contributed by atoms with Gasteiger partial charge in [-0.3, -0.25) is 4.79 Å². The van der Waals surface area contributed by atoms with Crippen molar-refractivity contribution in [1.82, 2.24) is 5.32 Å². The average Bonchev–Trinajstić information content (AvgIpc) is 3.30. The van der Waals surface area contributed by atoms with Gasteiger partial charge in [0.25, 0.3) is 5.91 Å². The topological polar surface area (TPSA) is 101 Å². The highest BCUT2D eigenvalue weighted by Gasteiger charge is 2.30. The Labute approximate surface area is 129 Å². The molecule has 0 heterocycles. The summed E-state index contributed by atoms with van der Waals surface area (Å²) in [6, 6.07) is 4.72. The normalized spacial score (nSPS) is 16.0. The van der Waals surface area contributed by atoms with Gasteiger partial charge in [0.15, 0.2) is 9.84 Å². The fourth-order valence-corrected chi connectivity index (χ4v) is 3.07. The Bertz CT molecular complexity index is 679. The van der Waals surface area contributed by atoms with Crippen LogP contribution in [0.1, 0.15) is 36.5 Å². The first-order chi connectivity index (χ1) is 10.3. The van der Waals surface area contributed by atoms with Crippen LogP contribution in [-0.4, -0.2) is 37.2 Å². The summed E-state index contributed by atoms with van der Waals surface area (Å²) in [4.78, 5) is 23.4. The molecule has 2 rings (SSSR count). The second-order valence-electron chi connectivity index (χ2n) is 5.47. The van der Waals surface area contributed by atoms with Crippen molar-refractivity contribution in [2.75, 3.05) is 5.75 Å². The molecule has 6 nitrogen and oxygen atoms in total. The van der Waals surface area contributed by atoms with E-state index >= 15 is 0 Å². The number of carbonyl (C=O) groups is 2. The van der Waals surface area contributed by atoms with Gasteiger partial charge in [-0.05, 0) is 30.5 Å². The first-order valence-corrected chi connectivity index (χ1v) is 8.85. The van der Waals surface area contributed by atoms with Gasteiger partial charge in [-0.25, -0.2) is 13.2 Å². The van der Waals surface area contributed by atoms with Crippen LogP contribution < -0.4 is 5.32 Å². The van der Waals surface area contributed by atoms with Crippen molar-refractivity contribution in [3.63, 3.8) is 0 Å². The molecule has 2 N–H and O–H groups in total. The molecule has 7 heteroatoms. The van der Waals surface area contributed by atoms with Crippen molar-refractivity contribution >= 4 is 21.7 Å². The lowest BCUT2D eigenvalue weighted by Gasteiger charge is -2.14. The minimum absolute atomic E-state index is 0.0580. The van der Waals surface area contributed by atoms with Gasteiger partial charge in [0.1, 0.15) is 6.04 Å². The molecule has 0 spiro atoms. The van der Waals surface area contributed by atoms with Gasteiger partial charge in [0, 0.05) is 5.56 Å². The second kappa shape index (κ2) is 6.48. The van der Waals surface area contributed by atoms with Gasteiger partial charge < -0.3 is 10.4 Å². The van der Waals surface area contributed by atoms with Gasteiger partial charge in [-0.15, -0.1) is 0 Å². The summed E-state index contributed by atoms with van der Waals surface area (Å²) in [5.74, 6) is -1.34. The lowest BCUT2D eigenvalue weighted by molar-refractivity contribution is -0.139. The summed E-state index contributed by atoms with van der Waals surface area (Å²) < 4.78 is 23.7. The zero-order valence-corrected chi connectivity index (χ0v) is 13.1. The van der Waals surface area contributed by atoms with Crippen molar-refractivity contribution in [1.29, 1.82) is 0 Å². The highest BCUT2D eigenvalue weighted by Crippen LogP contribution is 2.33. The summed E-state index contributed by atoms with van der Waals surface area (Å²) in [6.07, 6.45) is 2.39. The van der Waals surface area contributed by atoms with Crippen LogP contribution in [0.3, 0.4) is 0 Å². The maximum absolute atomic E-state index is 12.2. The third kappa shape index (κ3) is 4.07. The molecule has 22 heavy (non-hydrogen) atoms. The number of carbonyl (C=O) groups excluding carboxylic acids is 1. The number of amides is 1. The Kier molecular flexibility index (Phi) is 4.85. The second-order valence-corrected chi connectivity index (χ2v) is 7.75. The Hall–Kier alpha value is -1.89. The van der Waals surface area contributed by atoms with Gasteiger partial charge >= 0.3 is 5.97 Å². The van der Waals surface area contributed by atoms with Gasteiger partial charge in [-0.2, -0.15) is 0 Å². The van der Waals surface area contributed by atoms with Crippen LogP contribution in [0, 0.1) is 5.92 Å². The van der Waals surface area contributed by atoms with E-state index in [1.54, 1.807) is 0 Å². The molecule has 0 saturated heterocycles. The number of benzene rings is 1. The third-order valence-corrected chi connectivity index (χ3v) is 5.44. The number of aliphatic carboxylic acids is 1. The summed E-state index contributed by atoms with van der Waals surface area (Å²) >= 11 is 0. The number of carboxylic acids is 1. The van der Waals surface area contributed by atoms with Gasteiger partial charge in [0.2, 0.25) is 0 Å². The van der Waals surface area contributed by atoms with Crippen LogP contribution >= 0.6 is 0 Å². The average molecular weight is 325 g/mol. The summed E-state index contributed by atoms with van der Waals surface area (Å²) in [6.45, 7) is 1.53. The summed E-state index contributed by atoms with van der Waals surface area (Å²) in [5, 5.41) is 11.6. The van der Waals surface area contributed by atoms with E-state index in [2.05, 4.69) is 5.32 Å². The molecular formula is C15H19NO5S. The number of hydrogen-bond donors (Lipinski definition) is 2. The highest BCUT2D eigenvalue weighted by molar-refractivity contribution is 7.91. The lowest BCUT2D eigenvalue weighted by atomic mass is 10.1. The van der Waals surface area contributed by atoms with E-state index in [-0.39, 0.29) is 16.2 Å². The predicted octanol–water partition coefficient (Wildman–Crippen LogP) is 1.46. The first kappa shape index (κ1) is 16.5. The van der Waals surface area contributed by atoms with E-state index in [1.165, 1.54) is 31.2 Å². The molecule has 1 aliphatic rings. The molecule has 1 atom stereocenters. The molecular weight excluding hydrogens is 306 g/mol. The Morgan fingerprint density at radius 1 is 1.36 bits per heavy atom. The van der Waals surface area contributed by atoms with Crippen molar-refractivity contribution in [3.05, 3.63) is 29.8 Å². The minimum atomic E-state index is -3.40. The van der Waals surface area contributed by atoms with E-state index in [0.29, 0.717) is 12.3 Å². The minimum Gasteiger partial charge on any atom is -0.480 e. The van der Waals surface area contributed by atoms with Gasteiger partial charge in [-0.1, -0.05) is 25.8 Å². The fourth-order valence-electron chi connectivity index (χ4n) is 2.15. The zero-order valence-electron chi connectivity index (χ0n) is 12.3. The number of nitrogens with one attached hydrogen (secondary N) is 1. The van der Waals surface area contributed by atoms with Crippen molar-refractivity contribution in [3.8, 4) is 0 Å². The fraction of sp³-hybridized carbons (Fsp3) is 0.467. The number of hydrogen-bond acceptors (Lipinski definition) is 4. The van der Waals surface area contributed by atoms with Gasteiger partial charge in [0.05, 0.1) is 10.6 Å². The van der Waals surface area contributed by atoms with E-state index in [1.807, 2.05) is 0 Å². The zero-order chi connectivity index (χ0) is 16.3. The predicted molar refractivity (Wildman–Crippen MR) is 80.4 cm³/mol. The largest absolute Gasteiger partial charge is 0.480 e. The van der Waals surface area contributed by atoms with E-state index in [0.717, 1.165) is 12.8 Å². The molecule has 1 saturated carbocycles. The van der Waals surface area contributed by atoms with Crippen LogP contribution in [0.4, 0.5) is 0 Å². The monoisotopic (exact) mass is 325 g/mol. The van der Waals surface area contributed by atoms with Crippen LogP contribution in [0.25, 0.3) is 0 Å². The highest BCUT2D eigenvalue weighted by atomic mass is 32.2. The lowest BCUT2D eigenvalue weighted by Crippen LogP contribution is -2.41. The van der Waals surface area contributed by atoms with E-state index < -0.39 is 27.8 Å². The van der Waals surface area contributed by atoms with Crippen LogP contribution in [0.15, 0.2) is 29.2 Å². The molecule has 1 aliphatic carbocycles. The number of sulfone groups is 1. The molecule has 0 aliphatic heterocycles. The molecule has 1 aromatic carbocycles. The molecule has 120 valence electrons. The maximum Gasteiger partial charge on any atom is 0.326 e. The standard InChI is InChI=1S/C15H19NO5S/c1-2-22(20,21)12-5-3-4-11(9-12)14(17)16-13(15(18)19)8-10-6-7-10/h3-5,9-10,13H,2,6-8H2,1H3,(H,16,17)(H,18,19). The Morgan fingerprint density at radius 2 is 2.05 bits per heavy atom. The molecule has 1 unspecified atom stereocenters. The molecule has 1 aromatic rings. The number of rotatable bonds is 7. The Balaban J connectivity index is 2.14. The molecule has 1 amide bonds. The molecule has 0 aromatic heterocycles. The molecule has 0 bridgehead atoms. The SMILES string of the molecule is CCS(=O)(=O)c1cccc(C(=O)NC(CC2CC2)C(=O)O)c1. The third-order valence-electron chi connectivity index (χ3n) is 3.70. The van der Waals surface area contributed by atoms with Crippen molar-refractivity contribution < 1.29 is 23.1 Å². The molecule has 1 fully saturated rings. The summed E-state index contributed by atoms with van der Waals surface area (Å²) in [5.41, 5.74) is 0.150. The van der Waals surface area contributed by atoms with E-state index in [4.69, 9.17) is 5.11 Å². The van der Waals surface area contributed by atoms with Crippen LogP contribution in [-0.2, 0) is 14.6 Å². The first-order valence-electron chi connectivity index (χ1n) is 7.20. The van der Waals surface area contributed by atoms with Crippen LogP contribution in [0.2, 0.25) is 0 Å². The van der Waals surface area contributed by atoms with Crippen molar-refractivity contribution in [2.45, 2.75) is 37.1 Å². The van der Waals surface area contributed by atoms with E-state index in [9.17, 15) is 18.0 Å². The maximum atomic E-state index is 12.2.